The lowest BCUT2D eigenvalue weighted by Crippen LogP contribution is -2.26. The monoisotopic (exact) mass is 601 g/mol. The number of para-hydroxylation sites is 1. The zero-order valence-corrected chi connectivity index (χ0v) is 25.5. The van der Waals surface area contributed by atoms with Crippen molar-refractivity contribution in [1.82, 2.24) is 0 Å². The molecule has 0 bridgehead atoms. The molecule has 0 fully saturated rings. The summed E-state index contributed by atoms with van der Waals surface area (Å²) in [7, 11) is 0. The fraction of sp³-hybridized carbons (Fsp3) is 0.0222. The van der Waals surface area contributed by atoms with Crippen LogP contribution in [0.25, 0.3) is 43.8 Å². The third-order valence-corrected chi connectivity index (χ3v) is 10.3. The number of halogens is 1. The highest BCUT2D eigenvalue weighted by molar-refractivity contribution is 6.07. The Hall–Kier alpha value is -5.99. The number of benzene rings is 8. The number of fused-ring (bicyclic) bond motifs is 13. The Bertz CT molecular complexity index is 2490. The van der Waals surface area contributed by atoms with Crippen molar-refractivity contribution in [2.75, 3.05) is 4.90 Å². The standard InChI is InChI=1S/C45H28FN/c46-32-19-21-34(22-20-32)47(33-12-2-1-3-13-33)35-23-25-36-31(26-35)18-24-39-40-27-29-10-4-5-11-30(29)28-43(40)45(44(36)39)41-16-8-6-14-37(41)38-15-7-9-17-42(38)45/h1-28H. The molecular weight excluding hydrogens is 574 g/mol. The van der Waals surface area contributed by atoms with Gasteiger partial charge in [0, 0.05) is 17.1 Å². The number of anilines is 3. The van der Waals surface area contributed by atoms with Crippen molar-refractivity contribution in [2.24, 2.45) is 0 Å². The van der Waals surface area contributed by atoms with Crippen molar-refractivity contribution in [3.63, 3.8) is 0 Å². The van der Waals surface area contributed by atoms with Gasteiger partial charge in [-0.25, -0.2) is 4.39 Å². The molecule has 10 rings (SSSR count). The summed E-state index contributed by atoms with van der Waals surface area (Å²) in [6.07, 6.45) is 0. The van der Waals surface area contributed by atoms with E-state index in [1.165, 1.54) is 78.2 Å². The lowest BCUT2D eigenvalue weighted by atomic mass is 9.69. The predicted molar refractivity (Wildman–Crippen MR) is 192 cm³/mol. The van der Waals surface area contributed by atoms with Crippen LogP contribution in [0, 0.1) is 5.82 Å². The maximum absolute atomic E-state index is 14.0. The minimum absolute atomic E-state index is 0.245. The summed E-state index contributed by atoms with van der Waals surface area (Å²) >= 11 is 0. The number of rotatable bonds is 3. The van der Waals surface area contributed by atoms with E-state index in [9.17, 15) is 4.39 Å². The molecule has 0 unspecified atom stereocenters. The molecule has 8 aromatic carbocycles. The first-order valence-electron chi connectivity index (χ1n) is 16.1. The summed E-state index contributed by atoms with van der Waals surface area (Å²) in [5.74, 6) is -0.245. The summed E-state index contributed by atoms with van der Waals surface area (Å²) < 4.78 is 14.0. The Morgan fingerprint density at radius 3 is 1.70 bits per heavy atom. The molecule has 0 aromatic heterocycles. The Balaban J connectivity index is 1.29. The van der Waals surface area contributed by atoms with Crippen LogP contribution >= 0.6 is 0 Å². The molecule has 2 heteroatoms. The molecule has 1 spiro atoms. The highest BCUT2D eigenvalue weighted by atomic mass is 19.1. The van der Waals surface area contributed by atoms with Crippen LogP contribution in [0.15, 0.2) is 170 Å². The summed E-state index contributed by atoms with van der Waals surface area (Å²) in [6.45, 7) is 0. The molecule has 47 heavy (non-hydrogen) atoms. The van der Waals surface area contributed by atoms with Crippen LogP contribution in [-0.2, 0) is 5.41 Å². The van der Waals surface area contributed by atoms with Crippen molar-refractivity contribution in [3.8, 4) is 22.3 Å². The summed E-state index contributed by atoms with van der Waals surface area (Å²) in [5.41, 5.74) is 13.1. The molecule has 2 aliphatic rings. The van der Waals surface area contributed by atoms with Gasteiger partial charge in [-0.3, -0.25) is 0 Å². The van der Waals surface area contributed by atoms with E-state index in [1.54, 1.807) is 0 Å². The zero-order chi connectivity index (χ0) is 31.1. The van der Waals surface area contributed by atoms with Gasteiger partial charge in [0.05, 0.1) is 5.41 Å². The van der Waals surface area contributed by atoms with Crippen molar-refractivity contribution in [2.45, 2.75) is 5.41 Å². The van der Waals surface area contributed by atoms with Crippen molar-refractivity contribution in [3.05, 3.63) is 198 Å². The van der Waals surface area contributed by atoms with E-state index in [0.29, 0.717) is 0 Å². The van der Waals surface area contributed by atoms with Gasteiger partial charge in [-0.15, -0.1) is 0 Å². The first-order valence-corrected chi connectivity index (χ1v) is 16.1. The lowest BCUT2D eigenvalue weighted by Gasteiger charge is -2.32. The van der Waals surface area contributed by atoms with E-state index < -0.39 is 5.41 Å². The molecule has 220 valence electrons. The maximum atomic E-state index is 14.0. The number of nitrogens with zero attached hydrogens (tertiary/aromatic N) is 1. The Morgan fingerprint density at radius 1 is 0.383 bits per heavy atom. The van der Waals surface area contributed by atoms with Crippen LogP contribution in [0.4, 0.5) is 21.5 Å². The van der Waals surface area contributed by atoms with Gasteiger partial charge in [0.1, 0.15) is 5.82 Å². The van der Waals surface area contributed by atoms with Crippen LogP contribution in [0.5, 0.6) is 0 Å². The second kappa shape index (κ2) is 9.75. The molecule has 8 aromatic rings. The molecule has 0 saturated heterocycles. The van der Waals surface area contributed by atoms with Crippen molar-refractivity contribution in [1.29, 1.82) is 0 Å². The van der Waals surface area contributed by atoms with Gasteiger partial charge >= 0.3 is 0 Å². The van der Waals surface area contributed by atoms with Crippen LogP contribution in [0.1, 0.15) is 22.3 Å². The van der Waals surface area contributed by atoms with E-state index in [2.05, 4.69) is 132 Å². The topological polar surface area (TPSA) is 3.24 Å². The second-order valence-corrected chi connectivity index (χ2v) is 12.6. The average molecular weight is 602 g/mol. The third kappa shape index (κ3) is 3.58. The maximum Gasteiger partial charge on any atom is 0.123 e. The molecule has 0 atom stereocenters. The summed E-state index contributed by atoms with van der Waals surface area (Å²) in [6, 6.07) is 59.9. The molecule has 0 N–H and O–H groups in total. The lowest BCUT2D eigenvalue weighted by molar-refractivity contribution is 0.628. The van der Waals surface area contributed by atoms with E-state index in [4.69, 9.17) is 0 Å². The highest BCUT2D eigenvalue weighted by Gasteiger charge is 2.52. The third-order valence-electron chi connectivity index (χ3n) is 10.3. The Morgan fingerprint density at radius 2 is 0.979 bits per heavy atom. The fourth-order valence-electron chi connectivity index (χ4n) is 8.40. The molecule has 0 saturated carbocycles. The van der Waals surface area contributed by atoms with E-state index >= 15 is 0 Å². The normalized spacial score (nSPS) is 13.4. The smallest absolute Gasteiger partial charge is 0.123 e. The molecule has 0 aliphatic heterocycles. The van der Waals surface area contributed by atoms with Crippen molar-refractivity contribution < 1.29 is 4.39 Å². The molecule has 0 amide bonds. The van der Waals surface area contributed by atoms with E-state index in [1.807, 2.05) is 30.3 Å². The first kappa shape index (κ1) is 26.2. The predicted octanol–water partition coefficient (Wildman–Crippen LogP) is 11.9. The molecule has 0 heterocycles. The quantitative estimate of drug-likeness (QED) is 0.195. The van der Waals surface area contributed by atoms with Gasteiger partial charge < -0.3 is 4.90 Å². The summed E-state index contributed by atoms with van der Waals surface area (Å²) in [5, 5.41) is 4.92. The van der Waals surface area contributed by atoms with E-state index in [0.717, 1.165) is 17.1 Å². The average Bonchev–Trinajstić information content (AvgIpc) is 3.59. The number of hydrogen-bond acceptors (Lipinski definition) is 1. The van der Waals surface area contributed by atoms with Crippen LogP contribution in [-0.4, -0.2) is 0 Å². The van der Waals surface area contributed by atoms with Crippen LogP contribution in [0.3, 0.4) is 0 Å². The highest BCUT2D eigenvalue weighted by Crippen LogP contribution is 2.64. The number of hydrogen-bond donors (Lipinski definition) is 0. The summed E-state index contributed by atoms with van der Waals surface area (Å²) in [4.78, 5) is 2.20. The molecular formula is C45H28FN. The van der Waals surface area contributed by atoms with Gasteiger partial charge in [-0.05, 0) is 127 Å². The zero-order valence-electron chi connectivity index (χ0n) is 25.5. The minimum Gasteiger partial charge on any atom is -0.310 e. The van der Waals surface area contributed by atoms with E-state index in [-0.39, 0.29) is 5.82 Å². The van der Waals surface area contributed by atoms with Gasteiger partial charge in [0.15, 0.2) is 0 Å². The van der Waals surface area contributed by atoms with Crippen LogP contribution in [0.2, 0.25) is 0 Å². The second-order valence-electron chi connectivity index (χ2n) is 12.6. The molecule has 0 radical (unpaired) electrons. The van der Waals surface area contributed by atoms with Crippen LogP contribution < -0.4 is 4.90 Å². The molecule has 1 nitrogen and oxygen atoms in total. The fourth-order valence-corrected chi connectivity index (χ4v) is 8.40. The van der Waals surface area contributed by atoms with Gasteiger partial charge in [0.25, 0.3) is 0 Å². The minimum atomic E-state index is -0.445. The van der Waals surface area contributed by atoms with Gasteiger partial charge in [-0.1, -0.05) is 109 Å². The molecule has 2 aliphatic carbocycles. The largest absolute Gasteiger partial charge is 0.310 e. The van der Waals surface area contributed by atoms with Gasteiger partial charge in [0.2, 0.25) is 0 Å². The first-order chi connectivity index (χ1) is 23.2. The Labute approximate surface area is 272 Å². The Kier molecular flexibility index (Phi) is 5.45. The SMILES string of the molecule is Fc1ccc(N(c2ccccc2)c2ccc3c4c(ccc3c2)-c2cc3ccccc3cc2C42c3ccccc3-c3ccccc32)cc1. The van der Waals surface area contributed by atoms with Gasteiger partial charge in [-0.2, -0.15) is 0 Å². The van der Waals surface area contributed by atoms with Crippen molar-refractivity contribution >= 4 is 38.6 Å².